The van der Waals surface area contributed by atoms with Gasteiger partial charge in [-0.15, -0.1) is 0 Å². The Kier molecular flexibility index (Phi) is 6.60. The molecule has 0 amide bonds. The molecule has 1 aliphatic rings. The van der Waals surface area contributed by atoms with Crippen LogP contribution >= 0.6 is 11.6 Å². The van der Waals surface area contributed by atoms with Gasteiger partial charge in [-0.1, -0.05) is 29.8 Å². The van der Waals surface area contributed by atoms with Gasteiger partial charge < -0.3 is 15.0 Å². The number of imidazole rings is 1. The third-order valence-corrected chi connectivity index (χ3v) is 7.30. The maximum absolute atomic E-state index is 12.0. The molecule has 4 aromatic rings. The topological polar surface area (TPSA) is 77.4 Å². The quantitative estimate of drug-likeness (QED) is 0.374. The fourth-order valence-corrected chi connectivity index (χ4v) is 5.22. The van der Waals surface area contributed by atoms with E-state index >= 15 is 0 Å². The predicted molar refractivity (Wildman–Crippen MR) is 150 cm³/mol. The van der Waals surface area contributed by atoms with Crippen molar-refractivity contribution in [3.05, 3.63) is 82.1 Å². The zero-order valence-electron chi connectivity index (χ0n) is 21.6. The molecule has 0 saturated carbocycles. The zero-order chi connectivity index (χ0) is 26.3. The van der Waals surface area contributed by atoms with Gasteiger partial charge in [-0.3, -0.25) is 9.47 Å². The van der Waals surface area contributed by atoms with E-state index in [1.807, 2.05) is 31.2 Å². The molecule has 5 rings (SSSR count). The Balaban J connectivity index is 1.47. The Morgan fingerprint density at radius 3 is 2.41 bits per heavy atom. The van der Waals surface area contributed by atoms with Crippen LogP contribution in [0.4, 0.5) is 5.69 Å². The van der Waals surface area contributed by atoms with Gasteiger partial charge in [0.05, 0.1) is 10.7 Å². The van der Waals surface area contributed by atoms with Gasteiger partial charge in [0.25, 0.3) is 0 Å². The summed E-state index contributed by atoms with van der Waals surface area (Å²) in [6.07, 6.45) is 3.20. The number of nitrogens with one attached hydrogen (secondary N) is 1. The van der Waals surface area contributed by atoms with Crippen LogP contribution in [-0.2, 0) is 0 Å². The normalized spacial score (nSPS) is 14.8. The number of hydrogen-bond donors (Lipinski definition) is 2. The average Bonchev–Trinajstić information content (AvgIpc) is 3.30. The predicted octanol–water partition coefficient (Wildman–Crippen LogP) is 5.48. The Labute approximate surface area is 222 Å². The van der Waals surface area contributed by atoms with Gasteiger partial charge in [0.15, 0.2) is 0 Å². The molecule has 2 aromatic heterocycles. The van der Waals surface area contributed by atoms with Gasteiger partial charge in [-0.2, -0.15) is 0 Å². The molecule has 8 heteroatoms. The molecule has 37 heavy (non-hydrogen) atoms. The number of piperazine rings is 1. The number of hydrogen-bond acceptors (Lipinski definition) is 5. The number of anilines is 1. The molecule has 3 heterocycles. The highest BCUT2D eigenvalue weighted by Crippen LogP contribution is 2.39. The summed E-state index contributed by atoms with van der Waals surface area (Å²) in [6.45, 7) is 12.6. The summed E-state index contributed by atoms with van der Waals surface area (Å²) in [4.78, 5) is 24.2. The van der Waals surface area contributed by atoms with Gasteiger partial charge >= 0.3 is 5.69 Å². The first kappa shape index (κ1) is 25.1. The second-order valence-corrected chi connectivity index (χ2v) is 10.9. The highest BCUT2D eigenvalue weighted by molar-refractivity contribution is 6.32. The lowest BCUT2D eigenvalue weighted by Crippen LogP contribution is -2.53. The molecule has 0 bridgehead atoms. The van der Waals surface area contributed by atoms with E-state index in [9.17, 15) is 9.90 Å². The average molecular weight is 518 g/mol. The van der Waals surface area contributed by atoms with Crippen molar-refractivity contribution in [2.45, 2.75) is 33.2 Å². The number of aromatic amines is 1. The first-order valence-electron chi connectivity index (χ1n) is 12.5. The summed E-state index contributed by atoms with van der Waals surface area (Å²) in [5.74, 6) is 0.0999. The molecule has 0 aliphatic carbocycles. The van der Waals surface area contributed by atoms with E-state index in [0.29, 0.717) is 22.0 Å². The molecule has 0 radical (unpaired) electrons. The summed E-state index contributed by atoms with van der Waals surface area (Å²) in [5.41, 5.74) is 5.17. The Bertz CT molecular complexity index is 1490. The molecular formula is C29H32ClN5O2. The largest absolute Gasteiger partial charge is 0.505 e. The molecule has 2 aromatic carbocycles. The van der Waals surface area contributed by atoms with Gasteiger partial charge in [0, 0.05) is 66.6 Å². The van der Waals surface area contributed by atoms with E-state index in [1.54, 1.807) is 24.5 Å². The molecule has 0 atom stereocenters. The zero-order valence-corrected chi connectivity index (χ0v) is 22.4. The molecule has 7 nitrogen and oxygen atoms in total. The number of benzene rings is 2. The Morgan fingerprint density at radius 2 is 1.76 bits per heavy atom. The SMILES string of the molecule is Cc1cc(-c2ccc(-n3cc[nH]c3=O)c(Cl)c2)c(O)c(-c2cccc(N3CCN(C(C)(C)C)CC3)c2)n1. The van der Waals surface area contributed by atoms with Crippen LogP contribution in [0, 0.1) is 6.92 Å². The number of halogens is 1. The minimum Gasteiger partial charge on any atom is -0.505 e. The molecule has 1 saturated heterocycles. The van der Waals surface area contributed by atoms with Crippen LogP contribution in [0.15, 0.2) is 65.7 Å². The van der Waals surface area contributed by atoms with Crippen LogP contribution in [0.2, 0.25) is 5.02 Å². The van der Waals surface area contributed by atoms with Crippen molar-refractivity contribution in [1.82, 2.24) is 19.4 Å². The maximum Gasteiger partial charge on any atom is 0.330 e. The van der Waals surface area contributed by atoms with Crippen molar-refractivity contribution in [1.29, 1.82) is 0 Å². The molecule has 1 aliphatic heterocycles. The molecule has 0 spiro atoms. The van der Waals surface area contributed by atoms with Crippen LogP contribution in [-0.4, -0.2) is 56.3 Å². The standard InChI is InChI=1S/C29H32ClN5O2/c1-19-16-23(20-8-9-25(24(30)18-20)35-11-10-31-28(35)37)27(36)26(32-19)21-6-5-7-22(17-21)33-12-14-34(15-13-33)29(2,3)4/h5-11,16-18,36H,12-15H2,1-4H3,(H,31,37). The van der Waals surface area contributed by atoms with Crippen molar-refractivity contribution < 1.29 is 5.11 Å². The lowest BCUT2D eigenvalue weighted by atomic mass is 9.99. The summed E-state index contributed by atoms with van der Waals surface area (Å²) in [7, 11) is 0. The molecule has 192 valence electrons. The third-order valence-electron chi connectivity index (χ3n) is 7.00. The van der Waals surface area contributed by atoms with E-state index in [4.69, 9.17) is 16.6 Å². The van der Waals surface area contributed by atoms with Crippen LogP contribution in [0.5, 0.6) is 5.75 Å². The highest BCUT2D eigenvalue weighted by Gasteiger charge is 2.26. The van der Waals surface area contributed by atoms with Crippen molar-refractivity contribution in [2.75, 3.05) is 31.1 Å². The number of aromatic hydroxyl groups is 1. The van der Waals surface area contributed by atoms with Gasteiger partial charge in [0.2, 0.25) is 0 Å². The van der Waals surface area contributed by atoms with Crippen molar-refractivity contribution in [3.63, 3.8) is 0 Å². The summed E-state index contributed by atoms with van der Waals surface area (Å²) < 4.78 is 1.45. The molecule has 1 fully saturated rings. The van der Waals surface area contributed by atoms with Gasteiger partial charge in [0.1, 0.15) is 11.4 Å². The Morgan fingerprint density at radius 1 is 1.00 bits per heavy atom. The maximum atomic E-state index is 12.0. The summed E-state index contributed by atoms with van der Waals surface area (Å²) in [6, 6.07) is 15.5. The number of aryl methyl sites for hydroxylation is 1. The monoisotopic (exact) mass is 517 g/mol. The van der Waals surface area contributed by atoms with Crippen LogP contribution < -0.4 is 10.6 Å². The third kappa shape index (κ3) is 5.02. The summed E-state index contributed by atoms with van der Waals surface area (Å²) >= 11 is 6.56. The van der Waals surface area contributed by atoms with Gasteiger partial charge in [-0.05, 0) is 63.6 Å². The number of nitrogens with zero attached hydrogens (tertiary/aromatic N) is 4. The van der Waals surface area contributed by atoms with Crippen LogP contribution in [0.1, 0.15) is 26.5 Å². The first-order valence-corrected chi connectivity index (χ1v) is 12.9. The van der Waals surface area contributed by atoms with E-state index < -0.39 is 0 Å². The van der Waals surface area contributed by atoms with E-state index in [2.05, 4.69) is 47.7 Å². The molecule has 2 N–H and O–H groups in total. The fraction of sp³-hybridized carbons (Fsp3) is 0.310. The minimum absolute atomic E-state index is 0.0999. The number of aromatic nitrogens is 3. The van der Waals surface area contributed by atoms with E-state index in [1.165, 1.54) is 4.57 Å². The molecular weight excluding hydrogens is 486 g/mol. The van der Waals surface area contributed by atoms with Crippen LogP contribution in [0.3, 0.4) is 0 Å². The smallest absolute Gasteiger partial charge is 0.330 e. The second kappa shape index (κ2) is 9.72. The fourth-order valence-electron chi connectivity index (χ4n) is 4.95. The Hall–Kier alpha value is -3.55. The second-order valence-electron chi connectivity index (χ2n) is 10.5. The minimum atomic E-state index is -0.265. The van der Waals surface area contributed by atoms with Gasteiger partial charge in [-0.25, -0.2) is 9.78 Å². The number of H-pyrrole nitrogens is 1. The number of pyridine rings is 1. The molecule has 0 unspecified atom stereocenters. The number of rotatable bonds is 4. The summed E-state index contributed by atoms with van der Waals surface area (Å²) in [5, 5.41) is 11.8. The lowest BCUT2D eigenvalue weighted by molar-refractivity contribution is 0.128. The highest BCUT2D eigenvalue weighted by atomic mass is 35.5. The van der Waals surface area contributed by atoms with Crippen molar-refractivity contribution in [2.24, 2.45) is 0 Å². The first-order chi connectivity index (χ1) is 17.6. The van der Waals surface area contributed by atoms with E-state index in [0.717, 1.165) is 48.7 Å². The van der Waals surface area contributed by atoms with Crippen LogP contribution in [0.25, 0.3) is 28.1 Å². The van der Waals surface area contributed by atoms with E-state index in [-0.39, 0.29) is 17.0 Å². The lowest BCUT2D eigenvalue weighted by Gasteiger charge is -2.43. The van der Waals surface area contributed by atoms with Crippen molar-refractivity contribution in [3.8, 4) is 33.8 Å². The van der Waals surface area contributed by atoms with Crippen molar-refractivity contribution >= 4 is 17.3 Å².